The number of rotatable bonds is 4. The van der Waals surface area contributed by atoms with E-state index in [2.05, 4.69) is 10.2 Å². The van der Waals surface area contributed by atoms with Gasteiger partial charge in [-0.25, -0.2) is 0 Å². The van der Waals surface area contributed by atoms with Gasteiger partial charge in [0.15, 0.2) is 0 Å². The second-order valence-corrected chi connectivity index (χ2v) is 4.99. The predicted octanol–water partition coefficient (Wildman–Crippen LogP) is 1.16. The van der Waals surface area contributed by atoms with Crippen LogP contribution in [0.1, 0.15) is 39.0 Å². The smallest absolute Gasteiger partial charge is 0.240 e. The highest BCUT2D eigenvalue weighted by atomic mass is 16.5. The summed E-state index contributed by atoms with van der Waals surface area (Å²) in [4.78, 5) is 14.4. The number of likely N-dealkylation sites (tertiary alicyclic amines) is 1. The fourth-order valence-corrected chi connectivity index (χ4v) is 2.81. The Balaban J connectivity index is 1.92. The fraction of sp³-hybridized carbons (Fsp3) is 0.923. The van der Waals surface area contributed by atoms with Crippen molar-refractivity contribution in [3.63, 3.8) is 0 Å². The van der Waals surface area contributed by atoms with Crippen LogP contribution in [0.5, 0.6) is 0 Å². The van der Waals surface area contributed by atoms with E-state index in [0.717, 1.165) is 45.4 Å². The largest absolute Gasteiger partial charge is 0.380 e. The van der Waals surface area contributed by atoms with Gasteiger partial charge in [0.1, 0.15) is 0 Å². The van der Waals surface area contributed by atoms with Crippen LogP contribution in [0, 0.1) is 0 Å². The molecule has 17 heavy (non-hydrogen) atoms. The van der Waals surface area contributed by atoms with Crippen molar-refractivity contribution >= 4 is 5.91 Å². The zero-order valence-electron chi connectivity index (χ0n) is 10.8. The van der Waals surface area contributed by atoms with E-state index < -0.39 is 0 Å². The minimum Gasteiger partial charge on any atom is -0.380 e. The molecule has 4 heteroatoms. The van der Waals surface area contributed by atoms with Crippen LogP contribution < -0.4 is 5.32 Å². The summed E-state index contributed by atoms with van der Waals surface area (Å²) in [6, 6.07) is 0.371. The molecule has 0 saturated carbocycles. The van der Waals surface area contributed by atoms with E-state index in [1.807, 2.05) is 6.92 Å². The summed E-state index contributed by atoms with van der Waals surface area (Å²) in [5.74, 6) is 0.298. The summed E-state index contributed by atoms with van der Waals surface area (Å²) >= 11 is 0. The third kappa shape index (κ3) is 3.19. The van der Waals surface area contributed by atoms with Gasteiger partial charge in [0.2, 0.25) is 5.91 Å². The van der Waals surface area contributed by atoms with Crippen LogP contribution in [0.3, 0.4) is 0 Å². The molecule has 2 fully saturated rings. The lowest BCUT2D eigenvalue weighted by Crippen LogP contribution is -2.52. The Morgan fingerprint density at radius 1 is 1.35 bits per heavy atom. The number of ether oxygens (including phenoxy) is 1. The lowest BCUT2D eigenvalue weighted by atomic mass is 10.0. The van der Waals surface area contributed by atoms with Crippen LogP contribution in [-0.4, -0.2) is 49.2 Å². The summed E-state index contributed by atoms with van der Waals surface area (Å²) in [6.07, 6.45) is 5.58. The van der Waals surface area contributed by atoms with Crippen LogP contribution in [0.15, 0.2) is 0 Å². The number of piperidine rings is 1. The van der Waals surface area contributed by atoms with Gasteiger partial charge in [0, 0.05) is 13.2 Å². The molecule has 0 unspecified atom stereocenters. The molecule has 2 aliphatic rings. The van der Waals surface area contributed by atoms with E-state index in [1.54, 1.807) is 0 Å². The van der Waals surface area contributed by atoms with Gasteiger partial charge in [0.25, 0.3) is 0 Å². The van der Waals surface area contributed by atoms with Crippen molar-refractivity contribution in [3.8, 4) is 0 Å². The molecule has 1 N–H and O–H groups in total. The Kier molecular flexibility index (Phi) is 4.80. The summed E-state index contributed by atoms with van der Waals surface area (Å²) in [5, 5.41) is 3.30. The molecule has 0 spiro atoms. The maximum atomic E-state index is 12.4. The average molecular weight is 240 g/mol. The Morgan fingerprint density at radius 2 is 2.24 bits per heavy atom. The lowest BCUT2D eigenvalue weighted by Gasteiger charge is -2.37. The Labute approximate surface area is 104 Å². The highest BCUT2D eigenvalue weighted by molar-refractivity contribution is 5.82. The SMILES string of the molecule is CCOC[C@H]1CCCCN1C(=O)[C@H]1CCCN1. The van der Waals surface area contributed by atoms with Gasteiger partial charge in [-0.3, -0.25) is 4.79 Å². The van der Waals surface area contributed by atoms with Crippen molar-refractivity contribution < 1.29 is 9.53 Å². The van der Waals surface area contributed by atoms with Crippen molar-refractivity contribution in [3.05, 3.63) is 0 Å². The number of hydrogen-bond donors (Lipinski definition) is 1. The van der Waals surface area contributed by atoms with Crippen molar-refractivity contribution in [2.45, 2.75) is 51.1 Å². The van der Waals surface area contributed by atoms with Gasteiger partial charge in [0.05, 0.1) is 18.7 Å². The number of hydrogen-bond acceptors (Lipinski definition) is 3. The first-order valence-electron chi connectivity index (χ1n) is 6.94. The summed E-state index contributed by atoms with van der Waals surface area (Å²) < 4.78 is 5.50. The van der Waals surface area contributed by atoms with E-state index in [-0.39, 0.29) is 6.04 Å². The van der Waals surface area contributed by atoms with E-state index >= 15 is 0 Å². The molecule has 2 aliphatic heterocycles. The molecule has 0 bridgehead atoms. The van der Waals surface area contributed by atoms with Gasteiger partial charge in [-0.1, -0.05) is 0 Å². The molecule has 0 aromatic carbocycles. The Hall–Kier alpha value is -0.610. The van der Waals surface area contributed by atoms with Crippen molar-refractivity contribution in [1.82, 2.24) is 10.2 Å². The van der Waals surface area contributed by atoms with E-state index in [0.29, 0.717) is 18.6 Å². The van der Waals surface area contributed by atoms with Gasteiger partial charge >= 0.3 is 0 Å². The molecule has 98 valence electrons. The first-order chi connectivity index (χ1) is 8.33. The van der Waals surface area contributed by atoms with E-state index in [1.165, 1.54) is 6.42 Å². The Morgan fingerprint density at radius 3 is 2.94 bits per heavy atom. The molecular formula is C13H24N2O2. The van der Waals surface area contributed by atoms with Crippen LogP contribution in [0.2, 0.25) is 0 Å². The zero-order valence-corrected chi connectivity index (χ0v) is 10.8. The van der Waals surface area contributed by atoms with Crippen molar-refractivity contribution in [2.24, 2.45) is 0 Å². The summed E-state index contributed by atoms with van der Waals surface area (Å²) in [5.41, 5.74) is 0. The number of amides is 1. The predicted molar refractivity (Wildman–Crippen MR) is 66.9 cm³/mol. The molecule has 0 radical (unpaired) electrons. The first kappa shape index (κ1) is 12.8. The maximum absolute atomic E-state index is 12.4. The molecule has 2 saturated heterocycles. The van der Waals surface area contributed by atoms with Gasteiger partial charge in [-0.2, -0.15) is 0 Å². The van der Waals surface area contributed by atoms with E-state index in [4.69, 9.17) is 4.74 Å². The van der Waals surface area contributed by atoms with Crippen molar-refractivity contribution in [1.29, 1.82) is 0 Å². The third-order valence-corrected chi connectivity index (χ3v) is 3.78. The zero-order chi connectivity index (χ0) is 12.1. The molecule has 2 atom stereocenters. The molecule has 0 aliphatic carbocycles. The molecular weight excluding hydrogens is 216 g/mol. The molecule has 0 aromatic heterocycles. The Bertz CT molecular complexity index is 252. The molecule has 4 nitrogen and oxygen atoms in total. The second kappa shape index (κ2) is 6.36. The van der Waals surface area contributed by atoms with Crippen LogP contribution in [-0.2, 0) is 9.53 Å². The van der Waals surface area contributed by atoms with Crippen LogP contribution in [0.25, 0.3) is 0 Å². The first-order valence-corrected chi connectivity index (χ1v) is 6.94. The maximum Gasteiger partial charge on any atom is 0.240 e. The third-order valence-electron chi connectivity index (χ3n) is 3.78. The minimum absolute atomic E-state index is 0.0669. The number of nitrogens with zero attached hydrogens (tertiary/aromatic N) is 1. The lowest BCUT2D eigenvalue weighted by molar-refractivity contribution is -0.138. The summed E-state index contributed by atoms with van der Waals surface area (Å²) in [7, 11) is 0. The molecule has 0 aromatic rings. The normalized spacial score (nSPS) is 29.6. The van der Waals surface area contributed by atoms with Crippen LogP contribution >= 0.6 is 0 Å². The van der Waals surface area contributed by atoms with Gasteiger partial charge in [-0.15, -0.1) is 0 Å². The number of nitrogens with one attached hydrogen (secondary N) is 1. The monoisotopic (exact) mass is 240 g/mol. The number of carbonyl (C=O) groups excluding carboxylic acids is 1. The molecule has 1 amide bonds. The molecule has 2 rings (SSSR count). The van der Waals surface area contributed by atoms with Gasteiger partial charge in [-0.05, 0) is 45.6 Å². The molecule has 2 heterocycles. The van der Waals surface area contributed by atoms with Gasteiger partial charge < -0.3 is 15.0 Å². The summed E-state index contributed by atoms with van der Waals surface area (Å²) in [6.45, 7) is 5.35. The quantitative estimate of drug-likeness (QED) is 0.801. The minimum atomic E-state index is 0.0669. The standard InChI is InChI=1S/C13H24N2O2/c1-2-17-10-11-6-3-4-9-15(11)13(16)12-7-5-8-14-12/h11-12,14H,2-10H2,1H3/t11-,12-/m1/s1. The fourth-order valence-electron chi connectivity index (χ4n) is 2.81. The number of carbonyl (C=O) groups is 1. The topological polar surface area (TPSA) is 41.6 Å². The van der Waals surface area contributed by atoms with E-state index in [9.17, 15) is 4.79 Å². The van der Waals surface area contributed by atoms with Crippen LogP contribution in [0.4, 0.5) is 0 Å². The van der Waals surface area contributed by atoms with Crippen molar-refractivity contribution in [2.75, 3.05) is 26.3 Å². The average Bonchev–Trinajstić information content (AvgIpc) is 2.89. The second-order valence-electron chi connectivity index (χ2n) is 4.99. The highest BCUT2D eigenvalue weighted by Crippen LogP contribution is 2.20. The highest BCUT2D eigenvalue weighted by Gasteiger charge is 2.32.